The Balaban J connectivity index is 1.32. The van der Waals surface area contributed by atoms with Crippen LogP contribution < -0.4 is 26.0 Å². The molecule has 1 saturated carbocycles. The molecule has 2 unspecified atom stereocenters. The predicted molar refractivity (Wildman–Crippen MR) is 220 cm³/mol. The number of hydrogen-bond donors (Lipinski definition) is 4. The maximum Gasteiger partial charge on any atom is 0.290 e. The van der Waals surface area contributed by atoms with Gasteiger partial charge in [-0.15, -0.1) is 0 Å². The van der Waals surface area contributed by atoms with Crippen molar-refractivity contribution in [3.63, 3.8) is 0 Å². The first-order valence-electron chi connectivity index (χ1n) is 21.1. The molecule has 16 heteroatoms. The number of benzene rings is 2. The van der Waals surface area contributed by atoms with Gasteiger partial charge in [0, 0.05) is 40.6 Å². The van der Waals surface area contributed by atoms with Gasteiger partial charge in [0.05, 0.1) is 31.7 Å². The van der Waals surface area contributed by atoms with Crippen molar-refractivity contribution in [3.8, 4) is 5.75 Å². The second-order valence-electron chi connectivity index (χ2n) is 16.0. The summed E-state index contributed by atoms with van der Waals surface area (Å²) in [5, 5.41) is 10.7. The van der Waals surface area contributed by atoms with Gasteiger partial charge in [0.25, 0.3) is 5.91 Å². The van der Waals surface area contributed by atoms with Gasteiger partial charge in [-0.25, -0.2) is 0 Å². The summed E-state index contributed by atoms with van der Waals surface area (Å²) in [5.74, 6) is -4.06. The van der Waals surface area contributed by atoms with E-state index in [1.165, 1.54) is 16.9 Å². The average Bonchev–Trinajstić information content (AvgIpc) is 3.68. The number of Topliss-reactive ketones (excluding diaryl/α,β-unsaturated/α-hetero) is 1. The van der Waals surface area contributed by atoms with Crippen LogP contribution in [0.15, 0.2) is 54.6 Å². The molecule has 0 aromatic heterocycles. The van der Waals surface area contributed by atoms with Crippen LogP contribution in [0.25, 0.3) is 0 Å². The highest BCUT2D eigenvalue weighted by Crippen LogP contribution is 2.31. The van der Waals surface area contributed by atoms with Crippen LogP contribution in [0, 0.1) is 5.92 Å². The molecule has 2 heterocycles. The first-order valence-corrected chi connectivity index (χ1v) is 21.1. The number of methoxy groups -OCH3 is 1. The van der Waals surface area contributed by atoms with E-state index in [0.29, 0.717) is 37.2 Å². The van der Waals surface area contributed by atoms with Crippen molar-refractivity contribution >= 4 is 41.2 Å². The second-order valence-corrected chi connectivity index (χ2v) is 16.0. The number of carbonyl (C=O) groups is 7. The van der Waals surface area contributed by atoms with Crippen LogP contribution in [0.1, 0.15) is 88.3 Å². The number of ether oxygens (including phenoxy) is 3. The van der Waals surface area contributed by atoms with Crippen LogP contribution >= 0.6 is 0 Å². The Morgan fingerprint density at radius 1 is 0.950 bits per heavy atom. The van der Waals surface area contributed by atoms with Crippen LogP contribution in [0.3, 0.4) is 0 Å². The van der Waals surface area contributed by atoms with E-state index in [0.717, 1.165) is 37.7 Å². The quantitative estimate of drug-likeness (QED) is 0.217. The molecule has 1 saturated heterocycles. The second kappa shape index (κ2) is 22.3. The third-order valence-corrected chi connectivity index (χ3v) is 11.2. The molecule has 16 nitrogen and oxygen atoms in total. The van der Waals surface area contributed by atoms with Crippen LogP contribution in [0.5, 0.6) is 5.75 Å². The summed E-state index contributed by atoms with van der Waals surface area (Å²) in [5.41, 5.74) is 1.27. The molecule has 6 atom stereocenters. The zero-order valence-corrected chi connectivity index (χ0v) is 35.1. The lowest BCUT2D eigenvalue weighted by molar-refractivity contribution is -0.158. The maximum absolute atomic E-state index is 14.7. The van der Waals surface area contributed by atoms with E-state index >= 15 is 0 Å². The highest BCUT2D eigenvalue weighted by molar-refractivity contribution is 6.38. The molecule has 60 heavy (non-hydrogen) atoms. The molecule has 3 aliphatic rings. The minimum absolute atomic E-state index is 0.0292. The monoisotopic (exact) mass is 832 g/mol. The van der Waals surface area contributed by atoms with Crippen LogP contribution in [0.4, 0.5) is 0 Å². The number of nitrogens with one attached hydrogen (secondary N) is 4. The summed E-state index contributed by atoms with van der Waals surface area (Å²) in [4.78, 5) is 98.1. The minimum atomic E-state index is -1.27. The molecule has 0 radical (unpaired) electrons. The third-order valence-electron chi connectivity index (χ3n) is 11.2. The van der Waals surface area contributed by atoms with E-state index in [1.807, 2.05) is 24.3 Å². The topological polar surface area (TPSA) is 202 Å². The number of carbonyl (C=O) groups excluding carboxylic acids is 7. The summed E-state index contributed by atoms with van der Waals surface area (Å²) in [6.45, 7) is 1.60. The fourth-order valence-electron chi connectivity index (χ4n) is 8.10. The SMILES string of the molecule is CCC[C@H](NC(=O)C1C[C@@H]2CN1C(=O)[C@H](C1CCCCC1)NC(=O)Cc1cccc(c1)OCCCC(OC)O2)C(=O)C(=O)NCC(=O)N[C@H](C(=O)N(C)C)c1ccccc1. The Bertz CT molecular complexity index is 1820. The first kappa shape index (κ1) is 45.7. The predicted octanol–water partition coefficient (Wildman–Crippen LogP) is 2.34. The molecule has 5 rings (SSSR count). The van der Waals surface area contributed by atoms with Crippen molar-refractivity contribution in [1.29, 1.82) is 0 Å². The van der Waals surface area contributed by atoms with Gasteiger partial charge in [-0.3, -0.25) is 33.6 Å². The normalized spacial score (nSPS) is 22.6. The van der Waals surface area contributed by atoms with E-state index in [2.05, 4.69) is 21.3 Å². The highest BCUT2D eigenvalue weighted by Gasteiger charge is 2.46. The van der Waals surface area contributed by atoms with E-state index < -0.39 is 72.5 Å². The molecule has 4 N–H and O–H groups in total. The number of fused-ring (bicyclic) bond motifs is 4. The van der Waals surface area contributed by atoms with Gasteiger partial charge in [-0.05, 0) is 54.9 Å². The number of amides is 6. The van der Waals surface area contributed by atoms with Crippen molar-refractivity contribution in [3.05, 3.63) is 65.7 Å². The molecular weight excluding hydrogens is 773 g/mol. The zero-order valence-electron chi connectivity index (χ0n) is 35.1. The summed E-state index contributed by atoms with van der Waals surface area (Å²) >= 11 is 0. The van der Waals surface area contributed by atoms with Crippen molar-refractivity contribution in [2.45, 2.75) is 114 Å². The molecule has 6 amide bonds. The average molecular weight is 833 g/mol. The summed E-state index contributed by atoms with van der Waals surface area (Å²) in [6.07, 6.45) is 4.71. The van der Waals surface area contributed by atoms with Gasteiger partial charge in [0.1, 0.15) is 23.9 Å². The number of nitrogens with zero attached hydrogens (tertiary/aromatic N) is 2. The van der Waals surface area contributed by atoms with E-state index in [-0.39, 0.29) is 43.5 Å². The highest BCUT2D eigenvalue weighted by atomic mass is 16.7. The Morgan fingerprint density at radius 2 is 1.70 bits per heavy atom. The van der Waals surface area contributed by atoms with E-state index in [9.17, 15) is 33.6 Å². The number of ketones is 1. The molecule has 0 spiro atoms. The standard InChI is InChI=1S/C44H60N6O10/c1-5-14-33(40(53)42(55)45-26-36(52)48-38(43(56)49(2)3)29-16-8-6-9-17-29)46-41(54)34-25-32-27-50(34)44(57)39(30-18-10-7-11-19-30)47-35(51)24-28-15-12-20-31(23-28)59-22-13-21-37(58-4)60-32/h6,8-9,12,15-17,20,23,30,32-34,37-39H,5,7,10-11,13-14,18-19,21-22,24-27H2,1-4H3,(H,45,55)(H,46,54)(H,47,51)(H,48,52)/t32-,33+,34?,37?,38+,39+/m1/s1. The van der Waals surface area contributed by atoms with Crippen molar-refractivity contribution < 1.29 is 47.8 Å². The van der Waals surface area contributed by atoms with Gasteiger partial charge in [0.15, 0.2) is 6.29 Å². The Kier molecular flexibility index (Phi) is 17.0. The number of hydrogen-bond acceptors (Lipinski definition) is 10. The lowest BCUT2D eigenvalue weighted by Gasteiger charge is -2.35. The summed E-state index contributed by atoms with van der Waals surface area (Å²) in [7, 11) is 4.64. The van der Waals surface area contributed by atoms with Crippen LogP contribution in [-0.4, -0.2) is 122 Å². The Labute approximate surface area is 351 Å². The van der Waals surface area contributed by atoms with E-state index in [4.69, 9.17) is 14.2 Å². The largest absolute Gasteiger partial charge is 0.494 e. The van der Waals surface area contributed by atoms with E-state index in [1.54, 1.807) is 51.4 Å². The molecule has 1 aliphatic carbocycles. The molecule has 2 aromatic rings. The Morgan fingerprint density at radius 3 is 2.40 bits per heavy atom. The molecular formula is C44H60N6O10. The van der Waals surface area contributed by atoms with Crippen LogP contribution in [-0.2, 0) is 49.5 Å². The van der Waals surface area contributed by atoms with Gasteiger partial charge in [-0.1, -0.05) is 75.1 Å². The Hall–Kier alpha value is -5.35. The van der Waals surface area contributed by atoms with Crippen molar-refractivity contribution in [2.75, 3.05) is 40.9 Å². The molecule has 2 aromatic carbocycles. The van der Waals surface area contributed by atoms with Gasteiger partial charge >= 0.3 is 0 Å². The van der Waals surface area contributed by atoms with Crippen molar-refractivity contribution in [1.82, 2.24) is 31.1 Å². The van der Waals surface area contributed by atoms with Gasteiger partial charge < -0.3 is 45.3 Å². The zero-order chi connectivity index (χ0) is 43.2. The third kappa shape index (κ3) is 12.6. The smallest absolute Gasteiger partial charge is 0.290 e. The minimum Gasteiger partial charge on any atom is -0.494 e. The van der Waals surface area contributed by atoms with Crippen LogP contribution in [0.2, 0.25) is 0 Å². The number of rotatable bonds is 13. The molecule has 326 valence electrons. The summed E-state index contributed by atoms with van der Waals surface area (Å²) in [6, 6.07) is 11.6. The molecule has 2 fully saturated rings. The fourth-order valence-corrected chi connectivity index (χ4v) is 8.10. The lowest BCUT2D eigenvalue weighted by Crippen LogP contribution is -2.58. The molecule has 4 bridgehead atoms. The van der Waals surface area contributed by atoms with Crippen molar-refractivity contribution in [2.24, 2.45) is 5.92 Å². The maximum atomic E-state index is 14.7. The van der Waals surface area contributed by atoms with Gasteiger partial charge in [-0.2, -0.15) is 0 Å². The number of likely N-dealkylation sites (N-methyl/N-ethyl adjacent to an activating group) is 1. The molecule has 2 aliphatic heterocycles. The lowest BCUT2D eigenvalue weighted by atomic mass is 9.83. The fraction of sp³-hybridized carbons (Fsp3) is 0.568. The first-order chi connectivity index (χ1) is 28.9. The summed E-state index contributed by atoms with van der Waals surface area (Å²) < 4.78 is 17.9. The van der Waals surface area contributed by atoms with Gasteiger partial charge in [0.2, 0.25) is 35.3 Å².